The van der Waals surface area contributed by atoms with Crippen molar-refractivity contribution in [3.05, 3.63) is 34.3 Å². The Labute approximate surface area is 128 Å². The monoisotopic (exact) mass is 346 g/mol. The van der Waals surface area contributed by atoms with Gasteiger partial charge in [-0.2, -0.15) is 26.3 Å². The molecule has 2 rings (SSSR count). The van der Waals surface area contributed by atoms with Gasteiger partial charge in [0.25, 0.3) is 0 Å². The van der Waals surface area contributed by atoms with Crippen LogP contribution in [0.15, 0.2) is 18.2 Å². The number of hydrogen-bond donors (Lipinski definition) is 1. The van der Waals surface area contributed by atoms with Gasteiger partial charge in [-0.05, 0) is 17.7 Å². The van der Waals surface area contributed by atoms with Crippen molar-refractivity contribution in [3.8, 4) is 0 Å². The summed E-state index contributed by atoms with van der Waals surface area (Å²) in [5.74, 6) is 0. The average molecular weight is 347 g/mol. The van der Waals surface area contributed by atoms with Crippen LogP contribution in [-0.2, 0) is 6.18 Å². The third-order valence-corrected chi connectivity index (χ3v) is 3.77. The number of halogens is 7. The number of benzene rings is 1. The van der Waals surface area contributed by atoms with Crippen molar-refractivity contribution in [1.29, 1.82) is 0 Å². The molecule has 22 heavy (non-hydrogen) atoms. The molecule has 1 aromatic rings. The van der Waals surface area contributed by atoms with Gasteiger partial charge in [0.05, 0.1) is 10.6 Å². The Hall–Kier alpha value is -0.990. The van der Waals surface area contributed by atoms with Gasteiger partial charge in [-0.3, -0.25) is 4.90 Å². The molecule has 1 N–H and O–H groups in total. The molecule has 0 aliphatic carbocycles. The van der Waals surface area contributed by atoms with Gasteiger partial charge in [0.15, 0.2) is 0 Å². The van der Waals surface area contributed by atoms with Gasteiger partial charge in [-0.15, -0.1) is 0 Å². The summed E-state index contributed by atoms with van der Waals surface area (Å²) in [4.78, 5) is 1.12. The normalized spacial score (nSPS) is 19.2. The molecule has 1 atom stereocenters. The lowest BCUT2D eigenvalue weighted by Crippen LogP contribution is -2.49. The highest BCUT2D eigenvalue weighted by Gasteiger charge is 2.46. The zero-order valence-corrected chi connectivity index (χ0v) is 12.0. The number of nitrogens with one attached hydrogen (secondary N) is 1. The first kappa shape index (κ1) is 17.4. The second kappa shape index (κ2) is 6.25. The van der Waals surface area contributed by atoms with Crippen molar-refractivity contribution < 1.29 is 26.3 Å². The molecule has 0 spiro atoms. The molecule has 0 radical (unpaired) electrons. The smallest absolute Gasteiger partial charge is 0.314 e. The van der Waals surface area contributed by atoms with Gasteiger partial charge in [-0.1, -0.05) is 17.7 Å². The van der Waals surface area contributed by atoms with Gasteiger partial charge in [0, 0.05) is 26.2 Å². The molecule has 9 heteroatoms. The summed E-state index contributed by atoms with van der Waals surface area (Å²) in [5.41, 5.74) is -1.71. The van der Waals surface area contributed by atoms with Gasteiger partial charge >= 0.3 is 12.4 Å². The molecule has 0 aromatic heterocycles. The Morgan fingerprint density at radius 1 is 1.05 bits per heavy atom. The molecule has 1 aromatic carbocycles. The van der Waals surface area contributed by atoms with E-state index in [0.29, 0.717) is 19.2 Å². The first-order chi connectivity index (χ1) is 10.1. The summed E-state index contributed by atoms with van der Waals surface area (Å²) >= 11 is 5.46. The third kappa shape index (κ3) is 3.85. The molecular formula is C13H13ClF6N2. The number of nitrogens with zero attached hydrogens (tertiary/aromatic N) is 1. The van der Waals surface area contributed by atoms with E-state index in [1.807, 2.05) is 0 Å². The van der Waals surface area contributed by atoms with Crippen molar-refractivity contribution in [2.24, 2.45) is 0 Å². The minimum absolute atomic E-state index is 0.105. The van der Waals surface area contributed by atoms with Crippen molar-refractivity contribution in [2.45, 2.75) is 18.4 Å². The van der Waals surface area contributed by atoms with Crippen LogP contribution in [-0.4, -0.2) is 37.3 Å². The maximum atomic E-state index is 13.3. The van der Waals surface area contributed by atoms with Gasteiger partial charge in [0.1, 0.15) is 6.04 Å². The summed E-state index contributed by atoms with van der Waals surface area (Å²) in [6.45, 7) is 0.918. The van der Waals surface area contributed by atoms with E-state index in [0.717, 1.165) is 17.0 Å². The summed E-state index contributed by atoms with van der Waals surface area (Å²) in [7, 11) is 0. The van der Waals surface area contributed by atoms with Gasteiger partial charge < -0.3 is 5.32 Å². The van der Waals surface area contributed by atoms with Crippen LogP contribution in [0, 0.1) is 0 Å². The molecule has 124 valence electrons. The Morgan fingerprint density at radius 3 is 2.14 bits per heavy atom. The van der Waals surface area contributed by atoms with Crippen LogP contribution in [0.3, 0.4) is 0 Å². The van der Waals surface area contributed by atoms with Crippen molar-refractivity contribution in [1.82, 2.24) is 10.2 Å². The van der Waals surface area contributed by atoms with Crippen molar-refractivity contribution in [2.75, 3.05) is 26.2 Å². The minimum atomic E-state index is -4.80. The van der Waals surface area contributed by atoms with E-state index in [-0.39, 0.29) is 13.1 Å². The average Bonchev–Trinajstić information content (AvgIpc) is 2.39. The Balaban J connectivity index is 2.44. The van der Waals surface area contributed by atoms with Crippen LogP contribution >= 0.6 is 11.6 Å². The number of piperazine rings is 1. The largest absolute Gasteiger partial charge is 0.417 e. The fraction of sp³-hybridized carbons (Fsp3) is 0.538. The SMILES string of the molecule is FC(F)(F)c1cc([C@H](N2CCNCC2)C(F)(F)F)ccc1Cl. The first-order valence-corrected chi connectivity index (χ1v) is 6.86. The van der Waals surface area contributed by atoms with Crippen LogP contribution in [0.5, 0.6) is 0 Å². The highest BCUT2D eigenvalue weighted by Crippen LogP contribution is 2.41. The summed E-state index contributed by atoms with van der Waals surface area (Å²) in [6, 6.07) is 0.272. The molecule has 1 fully saturated rings. The highest BCUT2D eigenvalue weighted by molar-refractivity contribution is 6.31. The Bertz CT molecular complexity index is 522. The predicted octanol–water partition coefficient (Wildman–Crippen LogP) is 3.87. The van der Waals surface area contributed by atoms with Crippen molar-refractivity contribution in [3.63, 3.8) is 0 Å². The van der Waals surface area contributed by atoms with E-state index in [4.69, 9.17) is 11.6 Å². The number of rotatable bonds is 2. The molecule has 1 heterocycles. The molecule has 0 bridgehead atoms. The molecule has 2 nitrogen and oxygen atoms in total. The molecule has 1 aliphatic rings. The van der Waals surface area contributed by atoms with E-state index >= 15 is 0 Å². The van der Waals surface area contributed by atoms with E-state index in [1.165, 1.54) is 0 Å². The maximum Gasteiger partial charge on any atom is 0.417 e. The van der Waals surface area contributed by atoms with E-state index in [9.17, 15) is 26.3 Å². The number of hydrogen-bond acceptors (Lipinski definition) is 2. The second-order valence-electron chi connectivity index (χ2n) is 4.97. The lowest BCUT2D eigenvalue weighted by Gasteiger charge is -2.36. The van der Waals surface area contributed by atoms with Gasteiger partial charge in [-0.25, -0.2) is 0 Å². The van der Waals surface area contributed by atoms with E-state index in [2.05, 4.69) is 5.32 Å². The number of alkyl halides is 6. The lowest BCUT2D eigenvalue weighted by atomic mass is 10.0. The van der Waals surface area contributed by atoms with E-state index in [1.54, 1.807) is 0 Å². The van der Waals surface area contributed by atoms with Crippen LogP contribution in [0.1, 0.15) is 17.2 Å². The molecular weight excluding hydrogens is 334 g/mol. The molecule has 1 aliphatic heterocycles. The van der Waals surface area contributed by atoms with E-state index < -0.39 is 34.5 Å². The van der Waals surface area contributed by atoms with Crippen LogP contribution < -0.4 is 5.32 Å². The van der Waals surface area contributed by atoms with Gasteiger partial charge in [0.2, 0.25) is 0 Å². The predicted molar refractivity (Wildman–Crippen MR) is 69.7 cm³/mol. The zero-order valence-electron chi connectivity index (χ0n) is 11.2. The Kier molecular flexibility index (Phi) is 4.93. The summed E-state index contributed by atoms with van der Waals surface area (Å²) < 4.78 is 78.6. The minimum Gasteiger partial charge on any atom is -0.314 e. The van der Waals surface area contributed by atoms with Crippen LogP contribution in [0.25, 0.3) is 0 Å². The fourth-order valence-electron chi connectivity index (χ4n) is 2.48. The summed E-state index contributed by atoms with van der Waals surface area (Å²) in [5, 5.41) is 2.29. The third-order valence-electron chi connectivity index (χ3n) is 3.44. The standard InChI is InChI=1S/C13H13ClF6N2/c14-10-2-1-8(7-9(10)12(15,16)17)11(13(18,19)20)22-5-3-21-4-6-22/h1-2,7,11,21H,3-6H2/t11-/m0/s1. The highest BCUT2D eigenvalue weighted by atomic mass is 35.5. The quantitative estimate of drug-likeness (QED) is 0.818. The molecule has 0 saturated carbocycles. The first-order valence-electron chi connectivity index (χ1n) is 6.49. The second-order valence-corrected chi connectivity index (χ2v) is 5.37. The van der Waals surface area contributed by atoms with Crippen molar-refractivity contribution >= 4 is 11.6 Å². The molecule has 1 saturated heterocycles. The van der Waals surface area contributed by atoms with Crippen LogP contribution in [0.2, 0.25) is 5.02 Å². The summed E-state index contributed by atoms with van der Waals surface area (Å²) in [6.07, 6.45) is -9.47. The fourth-order valence-corrected chi connectivity index (χ4v) is 2.70. The Morgan fingerprint density at radius 2 is 1.64 bits per heavy atom. The maximum absolute atomic E-state index is 13.3. The lowest BCUT2D eigenvalue weighted by molar-refractivity contribution is -0.188. The molecule has 0 amide bonds. The topological polar surface area (TPSA) is 15.3 Å². The van der Waals surface area contributed by atoms with Crippen LogP contribution in [0.4, 0.5) is 26.3 Å². The zero-order chi connectivity index (χ0) is 16.5. The molecule has 0 unspecified atom stereocenters.